The third-order valence-corrected chi connectivity index (χ3v) is 4.91. The topological polar surface area (TPSA) is 43.4 Å². The molecule has 5 nitrogen and oxygen atoms in total. The number of hydrogen-bond donors (Lipinski definition) is 2. The van der Waals surface area contributed by atoms with Gasteiger partial charge >= 0.3 is 0 Å². The maximum Gasteiger partial charge on any atom is 0.0759 e. The molecule has 5 heteroatoms. The molecule has 2 aromatic carbocycles. The lowest BCUT2D eigenvalue weighted by Crippen LogP contribution is -2.32. The zero-order valence-corrected chi connectivity index (χ0v) is 16.5. The second kappa shape index (κ2) is 7.48. The van der Waals surface area contributed by atoms with E-state index in [2.05, 4.69) is 105 Å². The highest BCUT2D eigenvalue weighted by atomic mass is 15.2. The normalized spacial score (nSPS) is 14.2. The van der Waals surface area contributed by atoms with E-state index < -0.39 is 0 Å². The maximum absolute atomic E-state index is 4.90. The van der Waals surface area contributed by atoms with Crippen molar-refractivity contribution in [3.63, 3.8) is 0 Å². The van der Waals surface area contributed by atoms with Crippen molar-refractivity contribution in [2.45, 2.75) is 26.2 Å². The van der Waals surface area contributed by atoms with Gasteiger partial charge in [0.1, 0.15) is 0 Å². The highest BCUT2D eigenvalue weighted by Crippen LogP contribution is 2.25. The van der Waals surface area contributed by atoms with E-state index in [0.29, 0.717) is 0 Å². The molecule has 26 heavy (non-hydrogen) atoms. The standard InChI is InChI=1S/C21H29N5/c1-14(25(3)4)22-18-9-7-16-11-17-8-10-19(23-15(2)26(5)6)13-21(17)24-20(16)12-18/h7-15,22-23H,1-6H3. The highest BCUT2D eigenvalue weighted by molar-refractivity contribution is 5.95. The summed E-state index contributed by atoms with van der Waals surface area (Å²) in [6, 6.07) is 14.9. The Bertz CT molecular complexity index is 832. The lowest BCUT2D eigenvalue weighted by Gasteiger charge is -2.22. The molecule has 3 rings (SSSR count). The molecule has 0 fully saturated rings. The van der Waals surface area contributed by atoms with E-state index in [1.54, 1.807) is 0 Å². The molecule has 0 spiro atoms. The second-order valence-electron chi connectivity index (χ2n) is 7.37. The van der Waals surface area contributed by atoms with Gasteiger partial charge < -0.3 is 10.6 Å². The Balaban J connectivity index is 1.94. The van der Waals surface area contributed by atoms with Gasteiger partial charge in [0.25, 0.3) is 0 Å². The van der Waals surface area contributed by atoms with Crippen LogP contribution in [-0.2, 0) is 0 Å². The fourth-order valence-electron chi connectivity index (χ4n) is 2.74. The average molecular weight is 351 g/mol. The smallest absolute Gasteiger partial charge is 0.0759 e. The fraction of sp³-hybridized carbons (Fsp3) is 0.381. The van der Waals surface area contributed by atoms with Gasteiger partial charge in [-0.3, -0.25) is 9.80 Å². The highest BCUT2D eigenvalue weighted by Gasteiger charge is 2.08. The van der Waals surface area contributed by atoms with Gasteiger partial charge in [-0.2, -0.15) is 0 Å². The summed E-state index contributed by atoms with van der Waals surface area (Å²) in [4.78, 5) is 9.18. The van der Waals surface area contributed by atoms with E-state index in [4.69, 9.17) is 4.98 Å². The number of nitrogens with one attached hydrogen (secondary N) is 2. The number of aromatic nitrogens is 1. The van der Waals surface area contributed by atoms with Gasteiger partial charge in [-0.25, -0.2) is 4.98 Å². The summed E-state index contributed by atoms with van der Waals surface area (Å²) in [5.74, 6) is 0. The van der Waals surface area contributed by atoms with E-state index in [-0.39, 0.29) is 12.3 Å². The third kappa shape index (κ3) is 4.06. The largest absolute Gasteiger partial charge is 0.370 e. The molecule has 3 aromatic rings. The molecular formula is C21H29N5. The van der Waals surface area contributed by atoms with Crippen LogP contribution in [0.2, 0.25) is 0 Å². The van der Waals surface area contributed by atoms with Gasteiger partial charge in [-0.1, -0.05) is 12.1 Å². The van der Waals surface area contributed by atoms with Gasteiger partial charge in [0, 0.05) is 22.1 Å². The van der Waals surface area contributed by atoms with Crippen molar-refractivity contribution in [1.82, 2.24) is 14.8 Å². The summed E-state index contributed by atoms with van der Waals surface area (Å²) in [7, 11) is 8.25. The molecule has 0 aliphatic carbocycles. The average Bonchev–Trinajstić information content (AvgIpc) is 2.59. The van der Waals surface area contributed by atoms with Crippen LogP contribution in [0.5, 0.6) is 0 Å². The number of pyridine rings is 1. The summed E-state index contributed by atoms with van der Waals surface area (Å²) in [5.41, 5.74) is 4.18. The summed E-state index contributed by atoms with van der Waals surface area (Å²) < 4.78 is 0. The molecular weight excluding hydrogens is 322 g/mol. The molecule has 0 aliphatic rings. The molecule has 2 unspecified atom stereocenters. The quantitative estimate of drug-likeness (QED) is 0.518. The number of fused-ring (bicyclic) bond motifs is 2. The number of rotatable bonds is 6. The van der Waals surface area contributed by atoms with Crippen LogP contribution in [0.3, 0.4) is 0 Å². The van der Waals surface area contributed by atoms with Crippen LogP contribution in [0.25, 0.3) is 21.8 Å². The molecule has 2 atom stereocenters. The van der Waals surface area contributed by atoms with E-state index >= 15 is 0 Å². The van der Waals surface area contributed by atoms with Gasteiger partial charge in [-0.05, 0) is 72.4 Å². The molecule has 0 bridgehead atoms. The molecule has 0 amide bonds. The molecule has 138 valence electrons. The van der Waals surface area contributed by atoms with E-state index in [1.807, 2.05) is 0 Å². The summed E-state index contributed by atoms with van der Waals surface area (Å²) in [5, 5.41) is 9.31. The molecule has 2 N–H and O–H groups in total. The van der Waals surface area contributed by atoms with Crippen LogP contribution in [0.4, 0.5) is 11.4 Å². The number of nitrogens with zero attached hydrogens (tertiary/aromatic N) is 3. The molecule has 0 aliphatic heterocycles. The number of anilines is 2. The van der Waals surface area contributed by atoms with Gasteiger partial charge in [0.05, 0.1) is 23.4 Å². The summed E-state index contributed by atoms with van der Waals surface area (Å²) >= 11 is 0. The van der Waals surface area contributed by atoms with Gasteiger partial charge in [0.15, 0.2) is 0 Å². The molecule has 0 saturated carbocycles. The van der Waals surface area contributed by atoms with Crippen molar-refractivity contribution >= 4 is 33.2 Å². The Morgan fingerprint density at radius 1 is 0.692 bits per heavy atom. The lowest BCUT2D eigenvalue weighted by molar-refractivity contribution is 0.344. The van der Waals surface area contributed by atoms with Crippen LogP contribution in [0.1, 0.15) is 13.8 Å². The van der Waals surface area contributed by atoms with E-state index in [9.17, 15) is 0 Å². The van der Waals surface area contributed by atoms with E-state index in [0.717, 1.165) is 33.2 Å². The maximum atomic E-state index is 4.90. The van der Waals surface area contributed by atoms with Crippen LogP contribution >= 0.6 is 0 Å². The van der Waals surface area contributed by atoms with Crippen molar-refractivity contribution in [3.05, 3.63) is 42.5 Å². The number of benzene rings is 2. The van der Waals surface area contributed by atoms with Crippen LogP contribution in [0.15, 0.2) is 42.5 Å². The predicted octanol–water partition coefficient (Wildman–Crippen LogP) is 4.03. The Labute approximate surface area is 156 Å². The minimum absolute atomic E-state index is 0.260. The predicted molar refractivity (Wildman–Crippen MR) is 113 cm³/mol. The second-order valence-corrected chi connectivity index (χ2v) is 7.37. The van der Waals surface area contributed by atoms with E-state index in [1.165, 1.54) is 0 Å². The van der Waals surface area contributed by atoms with Crippen molar-refractivity contribution < 1.29 is 0 Å². The van der Waals surface area contributed by atoms with Crippen LogP contribution < -0.4 is 10.6 Å². The van der Waals surface area contributed by atoms with Gasteiger partial charge in [0.2, 0.25) is 0 Å². The fourth-order valence-corrected chi connectivity index (χ4v) is 2.74. The Hall–Kier alpha value is -2.37. The van der Waals surface area contributed by atoms with Gasteiger partial charge in [-0.15, -0.1) is 0 Å². The van der Waals surface area contributed by atoms with Crippen molar-refractivity contribution in [2.75, 3.05) is 38.8 Å². The Kier molecular flexibility index (Phi) is 5.30. The Morgan fingerprint density at radius 3 is 1.50 bits per heavy atom. The van der Waals surface area contributed by atoms with Crippen LogP contribution in [0, 0.1) is 0 Å². The monoisotopic (exact) mass is 351 g/mol. The number of hydrogen-bond acceptors (Lipinski definition) is 5. The minimum atomic E-state index is 0.260. The van der Waals surface area contributed by atoms with Crippen LogP contribution in [-0.4, -0.2) is 55.3 Å². The summed E-state index contributed by atoms with van der Waals surface area (Å²) in [6.07, 6.45) is 0.521. The van der Waals surface area contributed by atoms with Crippen molar-refractivity contribution in [1.29, 1.82) is 0 Å². The molecule has 1 aromatic heterocycles. The first-order valence-corrected chi connectivity index (χ1v) is 9.04. The third-order valence-electron chi connectivity index (χ3n) is 4.91. The van der Waals surface area contributed by atoms with Crippen molar-refractivity contribution in [2.24, 2.45) is 0 Å². The first-order chi connectivity index (χ1) is 12.3. The molecule has 1 heterocycles. The minimum Gasteiger partial charge on any atom is -0.370 e. The van der Waals surface area contributed by atoms with Crippen molar-refractivity contribution in [3.8, 4) is 0 Å². The molecule has 0 saturated heterocycles. The zero-order chi connectivity index (χ0) is 18.8. The summed E-state index contributed by atoms with van der Waals surface area (Å²) in [6.45, 7) is 4.28. The SMILES string of the molecule is CC(Nc1ccc2cc3ccc(NC(C)N(C)C)cc3nc2c1)N(C)C. The Morgan fingerprint density at radius 2 is 1.12 bits per heavy atom. The molecule has 0 radical (unpaired) electrons. The lowest BCUT2D eigenvalue weighted by atomic mass is 10.1. The first kappa shape index (κ1) is 18.4. The first-order valence-electron chi connectivity index (χ1n) is 9.04. The zero-order valence-electron chi connectivity index (χ0n) is 16.5.